The maximum Gasteiger partial charge on any atom is 0.358 e. The summed E-state index contributed by atoms with van der Waals surface area (Å²) in [5.41, 5.74) is -1.94. The Bertz CT molecular complexity index is 425. The minimum Gasteiger partial charge on any atom is -0.463 e. The molecule has 0 aliphatic rings. The number of nitrogens with zero attached hydrogens (tertiary/aromatic N) is 3. The van der Waals surface area contributed by atoms with Crippen LogP contribution in [0.5, 0.6) is 0 Å². The van der Waals surface area contributed by atoms with E-state index in [0.29, 0.717) is 12.8 Å². The van der Waals surface area contributed by atoms with Gasteiger partial charge < -0.3 is 4.74 Å². The fraction of sp³-hybridized carbons (Fsp3) is 0.636. The Morgan fingerprint density at radius 1 is 1.11 bits per heavy atom. The zero-order chi connectivity index (χ0) is 14.6. The molecular formula is C11H13N3O5. The van der Waals surface area contributed by atoms with Crippen LogP contribution >= 0.6 is 0 Å². The predicted octanol–water partition coefficient (Wildman–Crippen LogP) is 0.423. The van der Waals surface area contributed by atoms with Crippen molar-refractivity contribution in [3.63, 3.8) is 0 Å². The van der Waals surface area contributed by atoms with Gasteiger partial charge in [0.2, 0.25) is 18.2 Å². The lowest BCUT2D eigenvalue weighted by molar-refractivity contribution is -0.149. The first-order valence-corrected chi connectivity index (χ1v) is 5.55. The third-order valence-corrected chi connectivity index (χ3v) is 2.17. The predicted molar refractivity (Wildman–Crippen MR) is 62.4 cm³/mol. The molecule has 0 amide bonds. The molecule has 0 saturated heterocycles. The molecule has 8 heteroatoms. The van der Waals surface area contributed by atoms with Gasteiger partial charge in [-0.05, 0) is 19.8 Å². The van der Waals surface area contributed by atoms with Crippen molar-refractivity contribution in [1.29, 1.82) is 0 Å². The molecular weight excluding hydrogens is 254 g/mol. The maximum absolute atomic E-state index is 11.7. The highest BCUT2D eigenvalue weighted by molar-refractivity contribution is 5.82. The van der Waals surface area contributed by atoms with Crippen LogP contribution in [0.2, 0.25) is 0 Å². The summed E-state index contributed by atoms with van der Waals surface area (Å²) in [5.74, 6) is -0.916. The normalized spacial score (nSPS) is 12.1. The standard InChI is InChI=1S/C11H13N3O5/c1-2-19-10(18)11(13-8-16,14-9-17)5-3-4-6-12-7-15/h2-6H2,1H3. The topological polar surface area (TPSA) is 115 Å². The summed E-state index contributed by atoms with van der Waals surface area (Å²) in [6, 6.07) is 0. The second kappa shape index (κ2) is 9.62. The molecule has 0 N–H and O–H groups in total. The van der Waals surface area contributed by atoms with Crippen molar-refractivity contribution < 1.29 is 23.9 Å². The highest BCUT2D eigenvalue weighted by Crippen LogP contribution is 2.22. The van der Waals surface area contributed by atoms with Gasteiger partial charge in [0.25, 0.3) is 5.66 Å². The summed E-state index contributed by atoms with van der Waals surface area (Å²) in [7, 11) is 0. The molecule has 0 heterocycles. The molecule has 0 aromatic heterocycles. The molecule has 0 saturated carbocycles. The summed E-state index contributed by atoms with van der Waals surface area (Å²) in [5, 5.41) is 0. The van der Waals surface area contributed by atoms with Gasteiger partial charge in [-0.1, -0.05) is 0 Å². The monoisotopic (exact) mass is 267 g/mol. The summed E-state index contributed by atoms with van der Waals surface area (Å²) in [6.45, 7) is 1.84. The number of ether oxygens (including phenoxy) is 1. The van der Waals surface area contributed by atoms with Gasteiger partial charge in [-0.2, -0.15) is 9.98 Å². The SMILES string of the molecule is CCOC(=O)C(CCCCN=C=O)(N=C=O)N=C=O. The Morgan fingerprint density at radius 2 is 1.74 bits per heavy atom. The minimum atomic E-state index is -1.94. The fourth-order valence-electron chi connectivity index (χ4n) is 1.34. The number of carbonyl (C=O) groups excluding carboxylic acids is 4. The molecule has 0 atom stereocenters. The number of hydrogen-bond acceptors (Lipinski definition) is 8. The smallest absolute Gasteiger partial charge is 0.358 e. The molecule has 0 radical (unpaired) electrons. The van der Waals surface area contributed by atoms with Crippen molar-refractivity contribution >= 4 is 24.2 Å². The van der Waals surface area contributed by atoms with Crippen molar-refractivity contribution in [2.75, 3.05) is 13.2 Å². The van der Waals surface area contributed by atoms with E-state index in [2.05, 4.69) is 15.0 Å². The van der Waals surface area contributed by atoms with E-state index in [1.807, 2.05) is 0 Å². The number of isocyanates is 3. The van der Waals surface area contributed by atoms with Crippen molar-refractivity contribution in [2.24, 2.45) is 15.0 Å². The first-order chi connectivity index (χ1) is 9.16. The van der Waals surface area contributed by atoms with Crippen molar-refractivity contribution in [1.82, 2.24) is 0 Å². The van der Waals surface area contributed by atoms with Crippen LogP contribution in [0.4, 0.5) is 0 Å². The van der Waals surface area contributed by atoms with Crippen LogP contribution in [0.3, 0.4) is 0 Å². The molecule has 102 valence electrons. The van der Waals surface area contributed by atoms with Crippen molar-refractivity contribution in [2.45, 2.75) is 31.8 Å². The second-order valence-corrected chi connectivity index (χ2v) is 3.37. The number of unbranched alkanes of at least 4 members (excludes halogenated alkanes) is 1. The molecule has 8 nitrogen and oxygen atoms in total. The average molecular weight is 267 g/mol. The Balaban J connectivity index is 4.91. The number of hydrogen-bond donors (Lipinski definition) is 0. The van der Waals surface area contributed by atoms with Gasteiger partial charge in [0.1, 0.15) is 0 Å². The van der Waals surface area contributed by atoms with E-state index in [4.69, 9.17) is 4.74 Å². The largest absolute Gasteiger partial charge is 0.463 e. The molecule has 0 aromatic rings. The molecule has 0 rings (SSSR count). The lowest BCUT2D eigenvalue weighted by atomic mass is 10.0. The molecule has 0 aliphatic heterocycles. The lowest BCUT2D eigenvalue weighted by Gasteiger charge is -2.19. The van der Waals surface area contributed by atoms with E-state index in [1.54, 1.807) is 6.92 Å². The number of aliphatic imine (C=N–C) groups is 3. The van der Waals surface area contributed by atoms with Gasteiger partial charge in [-0.3, -0.25) is 0 Å². The lowest BCUT2D eigenvalue weighted by Crippen LogP contribution is -2.36. The number of esters is 1. The van der Waals surface area contributed by atoms with Gasteiger partial charge in [-0.25, -0.2) is 24.2 Å². The highest BCUT2D eigenvalue weighted by atomic mass is 16.5. The van der Waals surface area contributed by atoms with Gasteiger partial charge in [0.15, 0.2) is 0 Å². The first-order valence-electron chi connectivity index (χ1n) is 5.55. The molecule has 0 spiro atoms. The molecule has 0 fully saturated rings. The third-order valence-electron chi connectivity index (χ3n) is 2.17. The summed E-state index contributed by atoms with van der Waals surface area (Å²) in [6.07, 6.45) is 4.53. The van der Waals surface area contributed by atoms with Crippen molar-refractivity contribution in [3.05, 3.63) is 0 Å². The van der Waals surface area contributed by atoms with Gasteiger partial charge in [0, 0.05) is 6.42 Å². The zero-order valence-electron chi connectivity index (χ0n) is 10.4. The van der Waals surface area contributed by atoms with E-state index in [0.717, 1.165) is 0 Å². The van der Waals surface area contributed by atoms with Crippen LogP contribution in [0.1, 0.15) is 26.2 Å². The molecule has 0 aliphatic carbocycles. The third kappa shape index (κ3) is 5.66. The van der Waals surface area contributed by atoms with Crippen molar-refractivity contribution in [3.8, 4) is 0 Å². The van der Waals surface area contributed by atoms with Crippen LogP contribution in [-0.2, 0) is 23.9 Å². The second-order valence-electron chi connectivity index (χ2n) is 3.37. The maximum atomic E-state index is 11.7. The van der Waals surface area contributed by atoms with Crippen LogP contribution < -0.4 is 0 Å². The first kappa shape index (κ1) is 16.6. The molecule has 0 aromatic carbocycles. The zero-order valence-corrected chi connectivity index (χ0v) is 10.4. The van der Waals surface area contributed by atoms with E-state index >= 15 is 0 Å². The van der Waals surface area contributed by atoms with Crippen LogP contribution in [0.15, 0.2) is 15.0 Å². The summed E-state index contributed by atoms with van der Waals surface area (Å²) in [4.78, 5) is 52.2. The molecule has 0 unspecified atom stereocenters. The van der Waals surface area contributed by atoms with Crippen LogP contribution in [-0.4, -0.2) is 43.0 Å². The number of rotatable bonds is 9. The van der Waals surface area contributed by atoms with Gasteiger partial charge in [-0.15, -0.1) is 0 Å². The Hall–Kier alpha value is -2.39. The fourth-order valence-corrected chi connectivity index (χ4v) is 1.34. The summed E-state index contributed by atoms with van der Waals surface area (Å²) < 4.78 is 4.72. The van der Waals surface area contributed by atoms with Gasteiger partial charge >= 0.3 is 5.97 Å². The Labute approximate surface area is 109 Å². The molecule has 0 bridgehead atoms. The van der Waals surface area contributed by atoms with Crippen LogP contribution in [0, 0.1) is 0 Å². The Morgan fingerprint density at radius 3 is 2.21 bits per heavy atom. The quantitative estimate of drug-likeness (QED) is 0.260. The average Bonchev–Trinajstić information content (AvgIpc) is 2.39. The van der Waals surface area contributed by atoms with E-state index < -0.39 is 11.6 Å². The summed E-state index contributed by atoms with van der Waals surface area (Å²) >= 11 is 0. The van der Waals surface area contributed by atoms with E-state index in [1.165, 1.54) is 18.2 Å². The highest BCUT2D eigenvalue weighted by Gasteiger charge is 2.39. The van der Waals surface area contributed by atoms with Gasteiger partial charge in [0.05, 0.1) is 13.2 Å². The number of carbonyl (C=O) groups is 1. The van der Waals surface area contributed by atoms with E-state index in [-0.39, 0.29) is 19.6 Å². The van der Waals surface area contributed by atoms with E-state index in [9.17, 15) is 19.2 Å². The van der Waals surface area contributed by atoms with Crippen LogP contribution in [0.25, 0.3) is 0 Å². The Kier molecular flexibility index (Phi) is 8.41. The minimum absolute atomic E-state index is 0.0370. The molecule has 19 heavy (non-hydrogen) atoms.